The van der Waals surface area contributed by atoms with Crippen LogP contribution in [0.5, 0.6) is 0 Å². The lowest BCUT2D eigenvalue weighted by molar-refractivity contribution is 0.112. The third-order valence-corrected chi connectivity index (χ3v) is 2.15. The number of halogens is 1. The molecule has 0 unspecified atom stereocenters. The van der Waals surface area contributed by atoms with Gasteiger partial charge in [0.15, 0.2) is 0 Å². The summed E-state index contributed by atoms with van der Waals surface area (Å²) in [7, 11) is 0. The van der Waals surface area contributed by atoms with Crippen molar-refractivity contribution in [3.63, 3.8) is 0 Å². The lowest BCUT2D eigenvalue weighted by Gasteiger charge is -2.05. The average molecular weight is 196 g/mol. The van der Waals surface area contributed by atoms with Crippen molar-refractivity contribution in [1.29, 1.82) is 0 Å². The number of carbonyl (C=O) groups excluding carboxylic acids is 1. The van der Waals surface area contributed by atoms with Crippen molar-refractivity contribution >= 4 is 6.29 Å². The number of aldehydes is 1. The van der Waals surface area contributed by atoms with Gasteiger partial charge in [-0.25, -0.2) is 4.39 Å². The quantitative estimate of drug-likeness (QED) is 0.746. The number of carbonyl (C=O) groups is 1. The molecular weight excluding hydrogens is 183 g/mol. The van der Waals surface area contributed by atoms with E-state index in [1.807, 2.05) is 0 Å². The van der Waals surface area contributed by atoms with E-state index in [-0.39, 0.29) is 12.4 Å². The van der Waals surface area contributed by atoms with Gasteiger partial charge in [-0.1, -0.05) is 0 Å². The SMILES string of the molecule is Cc1cc(C=O)c(CCCO)cc1F. The van der Waals surface area contributed by atoms with E-state index in [0.29, 0.717) is 29.5 Å². The molecule has 3 heteroatoms. The summed E-state index contributed by atoms with van der Waals surface area (Å²) in [6.45, 7) is 1.67. The Morgan fingerprint density at radius 3 is 2.79 bits per heavy atom. The van der Waals surface area contributed by atoms with Crippen LogP contribution >= 0.6 is 0 Å². The number of aryl methyl sites for hydroxylation is 2. The summed E-state index contributed by atoms with van der Waals surface area (Å²) in [5.41, 5.74) is 1.65. The third-order valence-electron chi connectivity index (χ3n) is 2.15. The maximum atomic E-state index is 13.1. The molecule has 1 aromatic rings. The Kier molecular flexibility index (Phi) is 3.77. The normalized spacial score (nSPS) is 10.2. The van der Waals surface area contributed by atoms with Gasteiger partial charge in [-0.2, -0.15) is 0 Å². The molecule has 0 aliphatic rings. The van der Waals surface area contributed by atoms with Crippen LogP contribution in [0, 0.1) is 12.7 Å². The lowest BCUT2D eigenvalue weighted by atomic mass is 10.0. The number of aliphatic hydroxyl groups excluding tert-OH is 1. The number of benzene rings is 1. The van der Waals surface area contributed by atoms with Gasteiger partial charge in [0.2, 0.25) is 0 Å². The lowest BCUT2D eigenvalue weighted by Crippen LogP contribution is -1.98. The minimum Gasteiger partial charge on any atom is -0.396 e. The van der Waals surface area contributed by atoms with Gasteiger partial charge in [-0.3, -0.25) is 4.79 Å². The first-order valence-electron chi connectivity index (χ1n) is 4.54. The fourth-order valence-corrected chi connectivity index (χ4v) is 1.34. The van der Waals surface area contributed by atoms with Crippen molar-refractivity contribution in [1.82, 2.24) is 0 Å². The van der Waals surface area contributed by atoms with Crippen LogP contribution in [0.3, 0.4) is 0 Å². The Hall–Kier alpha value is -1.22. The van der Waals surface area contributed by atoms with Crippen molar-refractivity contribution in [3.8, 4) is 0 Å². The number of hydrogen-bond acceptors (Lipinski definition) is 2. The molecule has 0 aliphatic carbocycles. The highest BCUT2D eigenvalue weighted by atomic mass is 19.1. The van der Waals surface area contributed by atoms with Gasteiger partial charge < -0.3 is 5.11 Å². The van der Waals surface area contributed by atoms with Gasteiger partial charge in [-0.15, -0.1) is 0 Å². The van der Waals surface area contributed by atoms with E-state index in [0.717, 1.165) is 6.29 Å². The molecule has 0 bridgehead atoms. The first-order chi connectivity index (χ1) is 6.69. The Bertz CT molecular complexity index is 334. The Balaban J connectivity index is 3.00. The molecule has 0 aromatic heterocycles. The molecular formula is C11H13FO2. The molecule has 14 heavy (non-hydrogen) atoms. The van der Waals surface area contributed by atoms with Crippen LogP contribution < -0.4 is 0 Å². The van der Waals surface area contributed by atoms with Crippen molar-refractivity contribution in [2.75, 3.05) is 6.61 Å². The molecule has 2 nitrogen and oxygen atoms in total. The minimum atomic E-state index is -0.302. The Labute approximate surface area is 82.4 Å². The summed E-state index contributed by atoms with van der Waals surface area (Å²) in [5, 5.41) is 8.63. The van der Waals surface area contributed by atoms with Crippen LogP contribution in [0.25, 0.3) is 0 Å². The standard InChI is InChI=1S/C11H13FO2/c1-8-5-10(7-14)9(3-2-4-13)6-11(8)12/h5-7,13H,2-4H2,1H3. The van der Waals surface area contributed by atoms with E-state index < -0.39 is 0 Å². The second-order valence-electron chi connectivity index (χ2n) is 3.25. The van der Waals surface area contributed by atoms with E-state index in [9.17, 15) is 9.18 Å². The van der Waals surface area contributed by atoms with Crippen LogP contribution in [0.15, 0.2) is 12.1 Å². The molecule has 1 aromatic carbocycles. The molecule has 0 radical (unpaired) electrons. The summed E-state index contributed by atoms with van der Waals surface area (Å²) in [4.78, 5) is 10.7. The maximum absolute atomic E-state index is 13.1. The molecule has 0 saturated carbocycles. The zero-order valence-electron chi connectivity index (χ0n) is 8.09. The monoisotopic (exact) mass is 196 g/mol. The second-order valence-corrected chi connectivity index (χ2v) is 3.25. The Morgan fingerprint density at radius 2 is 2.21 bits per heavy atom. The van der Waals surface area contributed by atoms with Crippen LogP contribution in [-0.4, -0.2) is 18.0 Å². The summed E-state index contributed by atoms with van der Waals surface area (Å²) in [6.07, 6.45) is 1.80. The van der Waals surface area contributed by atoms with Crippen LogP contribution in [0.2, 0.25) is 0 Å². The van der Waals surface area contributed by atoms with Gasteiger partial charge in [0.1, 0.15) is 12.1 Å². The van der Waals surface area contributed by atoms with Gasteiger partial charge in [-0.05, 0) is 43.0 Å². The van der Waals surface area contributed by atoms with Crippen molar-refractivity contribution in [2.45, 2.75) is 19.8 Å². The highest BCUT2D eigenvalue weighted by Gasteiger charge is 2.06. The van der Waals surface area contributed by atoms with E-state index in [1.165, 1.54) is 12.1 Å². The average Bonchev–Trinajstić information content (AvgIpc) is 2.19. The van der Waals surface area contributed by atoms with E-state index in [4.69, 9.17) is 5.11 Å². The molecule has 0 aliphatic heterocycles. The predicted molar refractivity (Wildman–Crippen MR) is 51.9 cm³/mol. The summed E-state index contributed by atoms with van der Waals surface area (Å²) in [6, 6.07) is 2.91. The molecule has 1 N–H and O–H groups in total. The van der Waals surface area contributed by atoms with Crippen LogP contribution in [0.1, 0.15) is 27.9 Å². The van der Waals surface area contributed by atoms with E-state index in [1.54, 1.807) is 6.92 Å². The smallest absolute Gasteiger partial charge is 0.150 e. The Morgan fingerprint density at radius 1 is 1.50 bits per heavy atom. The zero-order valence-corrected chi connectivity index (χ0v) is 8.09. The molecule has 0 atom stereocenters. The van der Waals surface area contributed by atoms with Gasteiger partial charge in [0.05, 0.1) is 0 Å². The van der Waals surface area contributed by atoms with E-state index >= 15 is 0 Å². The molecule has 0 heterocycles. The van der Waals surface area contributed by atoms with Crippen LogP contribution in [0.4, 0.5) is 4.39 Å². The zero-order chi connectivity index (χ0) is 10.6. The number of rotatable bonds is 4. The van der Waals surface area contributed by atoms with Gasteiger partial charge >= 0.3 is 0 Å². The van der Waals surface area contributed by atoms with Crippen LogP contribution in [-0.2, 0) is 6.42 Å². The molecule has 1 rings (SSSR count). The minimum absolute atomic E-state index is 0.0494. The molecule has 0 amide bonds. The number of aliphatic hydroxyl groups is 1. The predicted octanol–water partition coefficient (Wildman–Crippen LogP) is 1.87. The molecule has 0 saturated heterocycles. The van der Waals surface area contributed by atoms with Crippen molar-refractivity contribution in [2.24, 2.45) is 0 Å². The molecule has 76 valence electrons. The topological polar surface area (TPSA) is 37.3 Å². The highest BCUT2D eigenvalue weighted by Crippen LogP contribution is 2.15. The first kappa shape index (κ1) is 10.9. The second kappa shape index (κ2) is 4.86. The fraction of sp³-hybridized carbons (Fsp3) is 0.364. The fourth-order valence-electron chi connectivity index (χ4n) is 1.34. The third kappa shape index (κ3) is 2.39. The van der Waals surface area contributed by atoms with Gasteiger partial charge in [0.25, 0.3) is 0 Å². The summed E-state index contributed by atoms with van der Waals surface area (Å²) < 4.78 is 13.1. The largest absolute Gasteiger partial charge is 0.396 e. The summed E-state index contributed by atoms with van der Waals surface area (Å²) >= 11 is 0. The maximum Gasteiger partial charge on any atom is 0.150 e. The molecule has 0 fully saturated rings. The highest BCUT2D eigenvalue weighted by molar-refractivity contribution is 5.77. The number of hydrogen-bond donors (Lipinski definition) is 1. The van der Waals surface area contributed by atoms with Gasteiger partial charge in [0, 0.05) is 12.2 Å². The first-order valence-corrected chi connectivity index (χ1v) is 4.54. The summed E-state index contributed by atoms with van der Waals surface area (Å²) in [5.74, 6) is -0.302. The van der Waals surface area contributed by atoms with E-state index in [2.05, 4.69) is 0 Å². The van der Waals surface area contributed by atoms with Crippen molar-refractivity contribution in [3.05, 3.63) is 34.6 Å². The van der Waals surface area contributed by atoms with Crippen molar-refractivity contribution < 1.29 is 14.3 Å². The molecule has 0 spiro atoms.